The van der Waals surface area contributed by atoms with Crippen molar-refractivity contribution >= 4 is 5.91 Å². The molecule has 1 aromatic carbocycles. The zero-order valence-electron chi connectivity index (χ0n) is 12.3. The van der Waals surface area contributed by atoms with E-state index in [0.717, 1.165) is 0 Å². The Kier molecular flexibility index (Phi) is 5.01. The molecule has 1 saturated heterocycles. The van der Waals surface area contributed by atoms with Crippen molar-refractivity contribution in [3.8, 4) is 17.6 Å². The minimum absolute atomic E-state index is 0.0673. The molecular weight excluding hydrogens is 270 g/mol. The summed E-state index contributed by atoms with van der Waals surface area (Å²) in [7, 11) is 3.08. The second kappa shape index (κ2) is 6.95. The summed E-state index contributed by atoms with van der Waals surface area (Å²) in [5, 5.41) is 8.69. The van der Waals surface area contributed by atoms with Crippen molar-refractivity contribution in [1.82, 2.24) is 9.80 Å². The van der Waals surface area contributed by atoms with Gasteiger partial charge in [0.05, 0.1) is 32.4 Å². The summed E-state index contributed by atoms with van der Waals surface area (Å²) in [5.74, 6) is 0.943. The van der Waals surface area contributed by atoms with Crippen LogP contribution >= 0.6 is 0 Å². The molecule has 1 aliphatic heterocycles. The van der Waals surface area contributed by atoms with Crippen molar-refractivity contribution in [1.29, 1.82) is 5.26 Å². The summed E-state index contributed by atoms with van der Waals surface area (Å²) in [6.07, 6.45) is 0. The van der Waals surface area contributed by atoms with Crippen LogP contribution in [0.25, 0.3) is 0 Å². The highest BCUT2D eigenvalue weighted by atomic mass is 16.5. The van der Waals surface area contributed by atoms with E-state index in [4.69, 9.17) is 14.7 Å². The molecule has 0 aliphatic carbocycles. The Morgan fingerprint density at radius 2 is 1.95 bits per heavy atom. The van der Waals surface area contributed by atoms with Gasteiger partial charge in [0.1, 0.15) is 0 Å². The van der Waals surface area contributed by atoms with E-state index in [0.29, 0.717) is 49.8 Å². The van der Waals surface area contributed by atoms with Gasteiger partial charge >= 0.3 is 0 Å². The van der Waals surface area contributed by atoms with Crippen LogP contribution in [0.3, 0.4) is 0 Å². The third kappa shape index (κ3) is 3.26. The topological polar surface area (TPSA) is 65.8 Å². The maximum Gasteiger partial charge on any atom is 0.257 e. The van der Waals surface area contributed by atoms with Gasteiger partial charge in [-0.15, -0.1) is 0 Å². The van der Waals surface area contributed by atoms with E-state index < -0.39 is 0 Å². The third-order valence-corrected chi connectivity index (χ3v) is 3.59. The quantitative estimate of drug-likeness (QED) is 0.773. The standard InChI is InChI=1S/C15H19N3O3/c1-20-13-5-3-4-12(14(13)21-2)15(19)18-10-8-17(7-6-16)9-11-18/h3-5H,7-11H2,1-2H3. The van der Waals surface area contributed by atoms with Crippen LogP contribution in [-0.2, 0) is 0 Å². The summed E-state index contributed by atoms with van der Waals surface area (Å²) in [6, 6.07) is 7.42. The number of carbonyl (C=O) groups excluding carboxylic acids is 1. The number of carbonyl (C=O) groups is 1. The molecule has 1 aliphatic rings. The van der Waals surface area contributed by atoms with Gasteiger partial charge in [0, 0.05) is 26.2 Å². The number of methoxy groups -OCH3 is 2. The molecule has 0 saturated carbocycles. The Bertz CT molecular complexity index is 546. The van der Waals surface area contributed by atoms with Gasteiger partial charge in [-0.3, -0.25) is 9.69 Å². The second-order valence-electron chi connectivity index (χ2n) is 4.77. The summed E-state index contributed by atoms with van der Waals surface area (Å²) in [4.78, 5) is 16.4. The van der Waals surface area contributed by atoms with Gasteiger partial charge in [-0.1, -0.05) is 6.07 Å². The molecular formula is C15H19N3O3. The fourth-order valence-electron chi connectivity index (χ4n) is 2.43. The first-order valence-corrected chi connectivity index (χ1v) is 6.80. The lowest BCUT2D eigenvalue weighted by molar-refractivity contribution is 0.0648. The molecule has 0 atom stereocenters. The normalized spacial score (nSPS) is 15.4. The summed E-state index contributed by atoms with van der Waals surface area (Å²) in [6.45, 7) is 3.06. The number of para-hydroxylation sites is 1. The van der Waals surface area contributed by atoms with E-state index in [2.05, 4.69) is 6.07 Å². The summed E-state index contributed by atoms with van der Waals surface area (Å²) < 4.78 is 10.5. The molecule has 0 radical (unpaired) electrons. The molecule has 2 rings (SSSR count). The number of rotatable bonds is 4. The van der Waals surface area contributed by atoms with Gasteiger partial charge in [0.2, 0.25) is 0 Å². The van der Waals surface area contributed by atoms with E-state index in [1.165, 1.54) is 7.11 Å². The predicted molar refractivity (Wildman–Crippen MR) is 77.5 cm³/mol. The monoisotopic (exact) mass is 289 g/mol. The van der Waals surface area contributed by atoms with Crippen LogP contribution in [0.2, 0.25) is 0 Å². The lowest BCUT2D eigenvalue weighted by Crippen LogP contribution is -2.48. The average Bonchev–Trinajstić information content (AvgIpc) is 2.54. The van der Waals surface area contributed by atoms with Crippen molar-refractivity contribution in [2.45, 2.75) is 0 Å². The largest absolute Gasteiger partial charge is 0.493 e. The van der Waals surface area contributed by atoms with Crippen LogP contribution in [0.5, 0.6) is 11.5 Å². The molecule has 1 heterocycles. The molecule has 112 valence electrons. The maximum absolute atomic E-state index is 12.6. The molecule has 1 amide bonds. The van der Waals surface area contributed by atoms with Crippen LogP contribution in [-0.4, -0.2) is 62.7 Å². The van der Waals surface area contributed by atoms with E-state index in [-0.39, 0.29) is 5.91 Å². The molecule has 0 bridgehead atoms. The van der Waals surface area contributed by atoms with Crippen LogP contribution in [0.4, 0.5) is 0 Å². The number of amides is 1. The highest BCUT2D eigenvalue weighted by Gasteiger charge is 2.25. The second-order valence-corrected chi connectivity index (χ2v) is 4.77. The molecule has 21 heavy (non-hydrogen) atoms. The number of hydrogen-bond donors (Lipinski definition) is 0. The fraction of sp³-hybridized carbons (Fsp3) is 0.467. The Balaban J connectivity index is 2.13. The maximum atomic E-state index is 12.6. The highest BCUT2D eigenvalue weighted by molar-refractivity contribution is 5.97. The Morgan fingerprint density at radius 3 is 2.52 bits per heavy atom. The number of nitrogens with zero attached hydrogens (tertiary/aromatic N) is 3. The van der Waals surface area contributed by atoms with E-state index in [1.807, 2.05) is 4.90 Å². The molecule has 0 aromatic heterocycles. The van der Waals surface area contributed by atoms with Crippen molar-refractivity contribution in [2.24, 2.45) is 0 Å². The zero-order valence-corrected chi connectivity index (χ0v) is 12.3. The smallest absolute Gasteiger partial charge is 0.257 e. The lowest BCUT2D eigenvalue weighted by atomic mass is 10.1. The van der Waals surface area contributed by atoms with Crippen molar-refractivity contribution in [2.75, 3.05) is 46.9 Å². The van der Waals surface area contributed by atoms with Crippen LogP contribution in [0.15, 0.2) is 18.2 Å². The lowest BCUT2D eigenvalue weighted by Gasteiger charge is -2.33. The zero-order chi connectivity index (χ0) is 15.2. The van der Waals surface area contributed by atoms with Gasteiger partial charge in [-0.2, -0.15) is 5.26 Å². The van der Waals surface area contributed by atoms with Crippen molar-refractivity contribution < 1.29 is 14.3 Å². The highest BCUT2D eigenvalue weighted by Crippen LogP contribution is 2.31. The first-order chi connectivity index (χ1) is 10.2. The molecule has 1 aromatic rings. The third-order valence-electron chi connectivity index (χ3n) is 3.59. The minimum atomic E-state index is -0.0673. The number of hydrogen-bond acceptors (Lipinski definition) is 5. The minimum Gasteiger partial charge on any atom is -0.493 e. The SMILES string of the molecule is COc1cccc(C(=O)N2CCN(CC#N)CC2)c1OC. The van der Waals surface area contributed by atoms with Gasteiger partial charge in [0.25, 0.3) is 5.91 Å². The Hall–Kier alpha value is -2.26. The van der Waals surface area contributed by atoms with Gasteiger partial charge in [-0.05, 0) is 12.1 Å². The van der Waals surface area contributed by atoms with Crippen LogP contribution in [0.1, 0.15) is 10.4 Å². The first kappa shape index (κ1) is 15.1. The summed E-state index contributed by atoms with van der Waals surface area (Å²) >= 11 is 0. The van der Waals surface area contributed by atoms with Gasteiger partial charge < -0.3 is 14.4 Å². The van der Waals surface area contributed by atoms with Gasteiger partial charge in [-0.25, -0.2) is 0 Å². The molecule has 6 heteroatoms. The Labute approximate surface area is 124 Å². The van der Waals surface area contributed by atoms with Crippen LogP contribution in [0, 0.1) is 11.3 Å². The first-order valence-electron chi connectivity index (χ1n) is 6.80. The predicted octanol–water partition coefficient (Wildman–Crippen LogP) is 0.985. The Morgan fingerprint density at radius 1 is 1.24 bits per heavy atom. The molecule has 0 unspecified atom stereocenters. The number of ether oxygens (including phenoxy) is 2. The van der Waals surface area contributed by atoms with Crippen molar-refractivity contribution in [3.05, 3.63) is 23.8 Å². The number of benzene rings is 1. The molecule has 6 nitrogen and oxygen atoms in total. The molecule has 0 N–H and O–H groups in total. The van der Waals surface area contributed by atoms with Crippen molar-refractivity contribution in [3.63, 3.8) is 0 Å². The number of piperazine rings is 1. The van der Waals surface area contributed by atoms with Crippen LogP contribution < -0.4 is 9.47 Å². The number of nitriles is 1. The van der Waals surface area contributed by atoms with E-state index in [1.54, 1.807) is 30.2 Å². The average molecular weight is 289 g/mol. The van der Waals surface area contributed by atoms with Gasteiger partial charge in [0.15, 0.2) is 11.5 Å². The van der Waals surface area contributed by atoms with E-state index >= 15 is 0 Å². The molecule has 0 spiro atoms. The fourth-order valence-corrected chi connectivity index (χ4v) is 2.43. The van der Waals surface area contributed by atoms with E-state index in [9.17, 15) is 4.79 Å². The molecule has 1 fully saturated rings. The summed E-state index contributed by atoms with van der Waals surface area (Å²) in [5.41, 5.74) is 0.505.